The molecule has 0 radical (unpaired) electrons. The highest BCUT2D eigenvalue weighted by Gasteiger charge is 2.16. The van der Waals surface area contributed by atoms with Gasteiger partial charge in [-0.2, -0.15) is 5.26 Å². The van der Waals surface area contributed by atoms with E-state index in [-0.39, 0.29) is 16.7 Å². The molecular formula is C17H18N2O2. The van der Waals surface area contributed by atoms with Crippen LogP contribution in [-0.2, 0) is 6.54 Å². The van der Waals surface area contributed by atoms with Crippen LogP contribution in [0.25, 0.3) is 10.9 Å². The van der Waals surface area contributed by atoms with Gasteiger partial charge in [0, 0.05) is 12.7 Å². The molecule has 1 heterocycles. The Morgan fingerprint density at radius 3 is 2.76 bits per heavy atom. The second-order valence-corrected chi connectivity index (χ2v) is 5.84. The minimum Gasteiger partial charge on any atom is -0.508 e. The molecule has 0 saturated heterocycles. The van der Waals surface area contributed by atoms with E-state index >= 15 is 0 Å². The first-order valence-electron chi connectivity index (χ1n) is 7.45. The van der Waals surface area contributed by atoms with Crippen LogP contribution in [0.2, 0.25) is 0 Å². The van der Waals surface area contributed by atoms with E-state index in [0.717, 1.165) is 12.1 Å². The molecule has 4 nitrogen and oxygen atoms in total. The van der Waals surface area contributed by atoms with Gasteiger partial charge in [0.1, 0.15) is 17.4 Å². The molecule has 0 atom stereocenters. The standard InChI is InChI=1S/C17H18N2O2/c18-9-13-11-19(10-12-4-2-1-3-5-12)16-7-6-14(20)8-15(16)17(13)21/h6-8,11-12,20H,1-5,10H2. The summed E-state index contributed by atoms with van der Waals surface area (Å²) < 4.78 is 2.00. The lowest BCUT2D eigenvalue weighted by Crippen LogP contribution is -2.18. The molecule has 3 rings (SSSR count). The lowest BCUT2D eigenvalue weighted by Gasteiger charge is -2.23. The van der Waals surface area contributed by atoms with Crippen molar-refractivity contribution in [1.82, 2.24) is 4.57 Å². The number of hydrogen-bond acceptors (Lipinski definition) is 3. The third-order valence-corrected chi connectivity index (χ3v) is 4.36. The summed E-state index contributed by atoms with van der Waals surface area (Å²) in [5, 5.41) is 19.2. The summed E-state index contributed by atoms with van der Waals surface area (Å²) in [5.41, 5.74) is 0.634. The van der Waals surface area contributed by atoms with Crippen LogP contribution in [-0.4, -0.2) is 9.67 Å². The van der Waals surface area contributed by atoms with E-state index in [9.17, 15) is 9.90 Å². The van der Waals surface area contributed by atoms with E-state index in [1.807, 2.05) is 10.6 Å². The fourth-order valence-electron chi connectivity index (χ4n) is 3.26. The molecule has 1 aromatic carbocycles. The zero-order valence-electron chi connectivity index (χ0n) is 11.9. The fourth-order valence-corrected chi connectivity index (χ4v) is 3.26. The minimum absolute atomic E-state index is 0.0545. The number of phenols is 1. The normalized spacial score (nSPS) is 16.0. The molecule has 1 saturated carbocycles. The van der Waals surface area contributed by atoms with Crippen molar-refractivity contribution in [2.75, 3.05) is 0 Å². The van der Waals surface area contributed by atoms with Gasteiger partial charge in [0.25, 0.3) is 0 Å². The lowest BCUT2D eigenvalue weighted by atomic mass is 9.89. The van der Waals surface area contributed by atoms with Crippen LogP contribution < -0.4 is 5.43 Å². The van der Waals surface area contributed by atoms with Crippen molar-refractivity contribution in [2.45, 2.75) is 38.6 Å². The number of pyridine rings is 1. The number of hydrogen-bond donors (Lipinski definition) is 1. The summed E-state index contributed by atoms with van der Waals surface area (Å²) in [6.45, 7) is 0.830. The van der Waals surface area contributed by atoms with Crippen LogP contribution in [0.5, 0.6) is 5.75 Å². The van der Waals surface area contributed by atoms with Crippen LogP contribution in [0.15, 0.2) is 29.2 Å². The van der Waals surface area contributed by atoms with E-state index in [2.05, 4.69) is 0 Å². The van der Waals surface area contributed by atoms with Gasteiger partial charge < -0.3 is 9.67 Å². The monoisotopic (exact) mass is 282 g/mol. The van der Waals surface area contributed by atoms with Crippen molar-refractivity contribution >= 4 is 10.9 Å². The predicted octanol–water partition coefficient (Wildman–Crippen LogP) is 3.16. The predicted molar refractivity (Wildman–Crippen MR) is 81.2 cm³/mol. The highest BCUT2D eigenvalue weighted by Crippen LogP contribution is 2.26. The third kappa shape index (κ3) is 2.64. The lowest BCUT2D eigenvalue weighted by molar-refractivity contribution is 0.322. The summed E-state index contributed by atoms with van der Waals surface area (Å²) >= 11 is 0. The first kappa shape index (κ1) is 13.7. The Kier molecular flexibility index (Phi) is 3.66. The molecule has 1 N–H and O–H groups in total. The van der Waals surface area contributed by atoms with Gasteiger partial charge in [0.15, 0.2) is 0 Å². The van der Waals surface area contributed by atoms with Gasteiger partial charge in [0.05, 0.1) is 10.9 Å². The van der Waals surface area contributed by atoms with E-state index in [1.54, 1.807) is 18.3 Å². The molecule has 0 bridgehead atoms. The van der Waals surface area contributed by atoms with E-state index < -0.39 is 0 Å². The zero-order valence-corrected chi connectivity index (χ0v) is 11.9. The Labute approximate surface area is 123 Å². The fraction of sp³-hybridized carbons (Fsp3) is 0.412. The van der Waals surface area contributed by atoms with Gasteiger partial charge >= 0.3 is 0 Å². The number of fused-ring (bicyclic) bond motifs is 1. The van der Waals surface area contributed by atoms with Crippen molar-refractivity contribution in [3.63, 3.8) is 0 Å². The maximum atomic E-state index is 12.2. The smallest absolute Gasteiger partial charge is 0.207 e. The van der Waals surface area contributed by atoms with Gasteiger partial charge in [-0.1, -0.05) is 19.3 Å². The van der Waals surface area contributed by atoms with Crippen LogP contribution >= 0.6 is 0 Å². The molecule has 4 heteroatoms. The average molecular weight is 282 g/mol. The van der Waals surface area contributed by atoms with Crippen molar-refractivity contribution < 1.29 is 5.11 Å². The van der Waals surface area contributed by atoms with Crippen molar-refractivity contribution in [3.05, 3.63) is 40.2 Å². The molecule has 1 fully saturated rings. The highest BCUT2D eigenvalue weighted by molar-refractivity contribution is 5.81. The summed E-state index contributed by atoms with van der Waals surface area (Å²) in [6.07, 6.45) is 7.89. The first-order valence-corrected chi connectivity index (χ1v) is 7.45. The minimum atomic E-state index is -0.303. The highest BCUT2D eigenvalue weighted by atomic mass is 16.3. The Hall–Kier alpha value is -2.28. The largest absolute Gasteiger partial charge is 0.508 e. The molecule has 1 aromatic heterocycles. The number of nitriles is 1. The van der Waals surface area contributed by atoms with E-state index in [1.165, 1.54) is 38.2 Å². The number of phenolic OH excluding ortho intramolecular Hbond substituents is 1. The number of aromatic hydroxyl groups is 1. The van der Waals surface area contributed by atoms with Crippen molar-refractivity contribution in [1.29, 1.82) is 5.26 Å². The molecule has 1 aliphatic carbocycles. The molecule has 108 valence electrons. The average Bonchev–Trinajstić information content (AvgIpc) is 2.51. The molecule has 0 aliphatic heterocycles. The van der Waals surface area contributed by atoms with Crippen LogP contribution in [0.3, 0.4) is 0 Å². The van der Waals surface area contributed by atoms with Gasteiger partial charge in [-0.25, -0.2) is 0 Å². The first-order chi connectivity index (χ1) is 10.2. The topological polar surface area (TPSA) is 66.0 Å². The van der Waals surface area contributed by atoms with Gasteiger partial charge in [0.2, 0.25) is 5.43 Å². The molecule has 1 aliphatic rings. The van der Waals surface area contributed by atoms with Crippen molar-refractivity contribution in [3.8, 4) is 11.8 Å². The third-order valence-electron chi connectivity index (χ3n) is 4.36. The Morgan fingerprint density at radius 2 is 2.05 bits per heavy atom. The number of rotatable bonds is 2. The van der Waals surface area contributed by atoms with Crippen LogP contribution in [0.4, 0.5) is 0 Å². The van der Waals surface area contributed by atoms with Gasteiger partial charge in [-0.15, -0.1) is 0 Å². The Bertz CT molecular complexity index is 765. The maximum absolute atomic E-state index is 12.2. The second-order valence-electron chi connectivity index (χ2n) is 5.84. The Balaban J connectivity index is 2.10. The second kappa shape index (κ2) is 5.61. The molecule has 0 unspecified atom stereocenters. The molecular weight excluding hydrogens is 264 g/mol. The molecule has 2 aromatic rings. The van der Waals surface area contributed by atoms with Gasteiger partial charge in [-0.3, -0.25) is 4.79 Å². The van der Waals surface area contributed by atoms with E-state index in [0.29, 0.717) is 11.3 Å². The number of benzene rings is 1. The SMILES string of the molecule is N#Cc1cn(CC2CCCCC2)c2ccc(O)cc2c1=O. The van der Waals surface area contributed by atoms with Crippen LogP contribution in [0, 0.1) is 17.2 Å². The molecule has 0 amide bonds. The van der Waals surface area contributed by atoms with Crippen molar-refractivity contribution in [2.24, 2.45) is 5.92 Å². The maximum Gasteiger partial charge on any atom is 0.207 e. The molecule has 0 spiro atoms. The van der Waals surface area contributed by atoms with E-state index in [4.69, 9.17) is 5.26 Å². The number of aromatic nitrogens is 1. The zero-order chi connectivity index (χ0) is 14.8. The summed E-state index contributed by atoms with van der Waals surface area (Å²) in [7, 11) is 0. The summed E-state index contributed by atoms with van der Waals surface area (Å²) in [6, 6.07) is 6.77. The van der Waals surface area contributed by atoms with Gasteiger partial charge in [-0.05, 0) is 37.0 Å². The summed E-state index contributed by atoms with van der Waals surface area (Å²) in [4.78, 5) is 12.2. The molecule has 21 heavy (non-hydrogen) atoms. The quantitative estimate of drug-likeness (QED) is 0.920. The number of nitrogens with zero attached hydrogens (tertiary/aromatic N) is 2. The van der Waals surface area contributed by atoms with Crippen LogP contribution in [0.1, 0.15) is 37.7 Å². The summed E-state index contributed by atoms with van der Waals surface area (Å²) in [5.74, 6) is 0.656. The Morgan fingerprint density at radius 1 is 1.29 bits per heavy atom.